The number of rotatable bonds is 7. The molecule has 0 spiro atoms. The number of aromatic nitrogens is 3. The van der Waals surface area contributed by atoms with E-state index in [1.165, 1.54) is 50.6 Å². The molecule has 3 aromatic carbocycles. The Bertz CT molecular complexity index is 2230. The zero-order valence-corrected chi connectivity index (χ0v) is 24.7. The van der Waals surface area contributed by atoms with Crippen molar-refractivity contribution in [1.29, 1.82) is 0 Å². The lowest BCUT2D eigenvalue weighted by Gasteiger charge is -2.22. The molecule has 44 heavy (non-hydrogen) atoms. The Morgan fingerprint density at radius 1 is 1.05 bits per heavy atom. The minimum atomic E-state index is -3.81. The van der Waals surface area contributed by atoms with Crippen molar-refractivity contribution in [2.75, 3.05) is 24.7 Å². The summed E-state index contributed by atoms with van der Waals surface area (Å²) in [7, 11) is -1.06. The van der Waals surface area contributed by atoms with Crippen LogP contribution < -0.4 is 14.8 Å². The molecular weight excluding hydrogens is 592 g/mol. The third-order valence-electron chi connectivity index (χ3n) is 7.43. The Hall–Kier alpha value is -5.30. The first-order chi connectivity index (χ1) is 20.9. The lowest BCUT2D eigenvalue weighted by Crippen LogP contribution is -2.25. The largest absolute Gasteiger partial charge is 0.467 e. The first kappa shape index (κ1) is 28.8. The lowest BCUT2D eigenvalue weighted by molar-refractivity contribution is 0.100. The summed E-state index contributed by atoms with van der Waals surface area (Å²) in [5.74, 6) is -1.60. The summed E-state index contributed by atoms with van der Waals surface area (Å²) in [6.45, 7) is 1.68. The maximum absolute atomic E-state index is 14.5. The molecule has 0 unspecified atom stereocenters. The number of ether oxygens (including phenoxy) is 1. The molecule has 0 saturated heterocycles. The van der Waals surface area contributed by atoms with Gasteiger partial charge in [-0.3, -0.25) is 9.10 Å². The van der Waals surface area contributed by atoms with Crippen LogP contribution in [0.15, 0.2) is 65.1 Å². The molecule has 0 aliphatic carbocycles. The van der Waals surface area contributed by atoms with Crippen LogP contribution in [0.5, 0.6) is 6.01 Å². The van der Waals surface area contributed by atoms with Gasteiger partial charge in [-0.25, -0.2) is 17.2 Å². The van der Waals surface area contributed by atoms with E-state index < -0.39 is 27.6 Å². The third-order valence-corrected chi connectivity index (χ3v) is 8.62. The molecule has 3 heterocycles. The molecular formula is C31H25F2N5O5S. The van der Waals surface area contributed by atoms with Gasteiger partial charge in [0.05, 0.1) is 41.7 Å². The predicted octanol–water partition coefficient (Wildman–Crippen LogP) is 5.80. The number of nitrogens with one attached hydrogen (secondary N) is 1. The highest BCUT2D eigenvalue weighted by Crippen LogP contribution is 2.44. The zero-order valence-electron chi connectivity index (χ0n) is 23.9. The second-order valence-electron chi connectivity index (χ2n) is 10.2. The number of sulfonamides is 1. The van der Waals surface area contributed by atoms with E-state index in [2.05, 4.69) is 15.0 Å². The van der Waals surface area contributed by atoms with Crippen molar-refractivity contribution in [3.8, 4) is 40.0 Å². The molecule has 0 bridgehead atoms. The number of aromatic amines is 1. The summed E-state index contributed by atoms with van der Waals surface area (Å²) in [5, 5.41) is 0.679. The number of H-pyrrole nitrogens is 1. The summed E-state index contributed by atoms with van der Waals surface area (Å²) >= 11 is 0. The molecule has 10 nitrogen and oxygen atoms in total. The van der Waals surface area contributed by atoms with Crippen molar-refractivity contribution in [3.63, 3.8) is 0 Å². The maximum atomic E-state index is 14.5. The summed E-state index contributed by atoms with van der Waals surface area (Å²) in [6.07, 6.45) is 1.04. The fraction of sp³-hybridized carbons (Fsp3) is 0.129. The van der Waals surface area contributed by atoms with Crippen LogP contribution in [0.2, 0.25) is 0 Å². The van der Waals surface area contributed by atoms with Gasteiger partial charge < -0.3 is 19.9 Å². The van der Waals surface area contributed by atoms with Gasteiger partial charge in [0.1, 0.15) is 23.0 Å². The van der Waals surface area contributed by atoms with E-state index in [1.54, 1.807) is 31.2 Å². The van der Waals surface area contributed by atoms with Gasteiger partial charge in [0.2, 0.25) is 10.0 Å². The molecule has 0 fully saturated rings. The second-order valence-corrected chi connectivity index (χ2v) is 12.2. The van der Waals surface area contributed by atoms with Crippen LogP contribution in [-0.4, -0.2) is 49.7 Å². The molecule has 224 valence electrons. The van der Waals surface area contributed by atoms with Gasteiger partial charge in [0.15, 0.2) is 0 Å². The monoisotopic (exact) mass is 617 g/mol. The van der Waals surface area contributed by atoms with Gasteiger partial charge >= 0.3 is 6.01 Å². The van der Waals surface area contributed by atoms with Crippen LogP contribution in [0.4, 0.5) is 14.5 Å². The Kier molecular flexibility index (Phi) is 6.84. The van der Waals surface area contributed by atoms with Crippen LogP contribution in [0, 0.1) is 18.6 Å². The number of fused-ring (bicyclic) bond motifs is 2. The number of nitrogens with zero attached hydrogens (tertiary/aromatic N) is 3. The van der Waals surface area contributed by atoms with Gasteiger partial charge in [-0.1, -0.05) is 6.07 Å². The number of hydrogen-bond donors (Lipinski definition) is 2. The van der Waals surface area contributed by atoms with Gasteiger partial charge in [-0.15, -0.1) is 0 Å². The Morgan fingerprint density at radius 2 is 1.75 bits per heavy atom. The smallest absolute Gasteiger partial charge is 0.317 e. The Labute approximate surface area is 250 Å². The summed E-state index contributed by atoms with van der Waals surface area (Å²) < 4.78 is 66.4. The fourth-order valence-corrected chi connectivity index (χ4v) is 5.77. The van der Waals surface area contributed by atoms with Crippen molar-refractivity contribution in [1.82, 2.24) is 15.0 Å². The number of aryl methyl sites for hydroxylation is 1. The van der Waals surface area contributed by atoms with Crippen molar-refractivity contribution >= 4 is 43.5 Å². The van der Waals surface area contributed by atoms with E-state index in [4.69, 9.17) is 14.9 Å². The average Bonchev–Trinajstić information content (AvgIpc) is 3.60. The van der Waals surface area contributed by atoms with E-state index in [0.29, 0.717) is 44.4 Å². The maximum Gasteiger partial charge on any atom is 0.317 e. The number of anilines is 1. The van der Waals surface area contributed by atoms with Crippen molar-refractivity contribution in [2.24, 2.45) is 5.73 Å². The minimum Gasteiger partial charge on any atom is -0.467 e. The minimum absolute atomic E-state index is 0.0336. The summed E-state index contributed by atoms with van der Waals surface area (Å²) in [4.78, 5) is 25.0. The number of carbonyl (C=O) groups excluding carboxylic acids is 1. The fourth-order valence-electron chi connectivity index (χ4n) is 5.26. The molecule has 0 radical (unpaired) electrons. The van der Waals surface area contributed by atoms with E-state index >= 15 is 0 Å². The Morgan fingerprint density at radius 3 is 2.39 bits per heavy atom. The van der Waals surface area contributed by atoms with E-state index in [9.17, 15) is 22.0 Å². The molecule has 3 aromatic heterocycles. The molecule has 0 atom stereocenters. The lowest BCUT2D eigenvalue weighted by atomic mass is 9.95. The molecule has 0 aliphatic rings. The number of amides is 1. The van der Waals surface area contributed by atoms with Crippen LogP contribution in [0.1, 0.15) is 15.9 Å². The van der Waals surface area contributed by atoms with Gasteiger partial charge in [-0.2, -0.15) is 9.97 Å². The zero-order chi connectivity index (χ0) is 31.5. The summed E-state index contributed by atoms with van der Waals surface area (Å²) in [5.41, 5.74) is 8.98. The normalized spacial score (nSPS) is 11.8. The van der Waals surface area contributed by atoms with E-state index in [0.717, 1.165) is 10.6 Å². The van der Waals surface area contributed by atoms with Crippen molar-refractivity contribution < 1.29 is 31.1 Å². The van der Waals surface area contributed by atoms with Crippen LogP contribution in [0.25, 0.3) is 55.8 Å². The quantitative estimate of drug-likeness (QED) is 0.231. The predicted molar refractivity (Wildman–Crippen MR) is 163 cm³/mol. The number of primary amides is 1. The Balaban J connectivity index is 1.68. The molecule has 6 aromatic rings. The highest BCUT2D eigenvalue weighted by molar-refractivity contribution is 7.92. The molecule has 13 heteroatoms. The van der Waals surface area contributed by atoms with Crippen LogP contribution >= 0.6 is 0 Å². The van der Waals surface area contributed by atoms with E-state index in [1.807, 2.05) is 0 Å². The van der Waals surface area contributed by atoms with Crippen LogP contribution in [0.3, 0.4) is 0 Å². The number of carbonyl (C=O) groups is 1. The number of methoxy groups -OCH3 is 1. The first-order valence-corrected chi connectivity index (χ1v) is 15.0. The number of nitrogens with two attached hydrogens (primary N) is 1. The SMILES string of the molecule is COc1nc(-c2cc3c(F)cccc3[nH]2)cc(-c2c(N(C)S(C)(=O)=O)cc3oc(-c4ccc(F)cc4)c(C(N)=O)c3c2C)n1. The van der Waals surface area contributed by atoms with Gasteiger partial charge in [0, 0.05) is 40.5 Å². The molecule has 0 saturated carbocycles. The van der Waals surface area contributed by atoms with Crippen molar-refractivity contribution in [2.45, 2.75) is 6.92 Å². The van der Waals surface area contributed by atoms with E-state index in [-0.39, 0.29) is 34.3 Å². The van der Waals surface area contributed by atoms with Crippen LogP contribution in [-0.2, 0) is 10.0 Å². The topological polar surface area (TPSA) is 144 Å². The molecule has 1 amide bonds. The van der Waals surface area contributed by atoms with Gasteiger partial charge in [0.25, 0.3) is 5.91 Å². The first-order valence-electron chi connectivity index (χ1n) is 13.2. The third kappa shape index (κ3) is 4.80. The number of benzene rings is 3. The molecule has 3 N–H and O–H groups in total. The number of furan rings is 1. The molecule has 0 aliphatic heterocycles. The highest BCUT2D eigenvalue weighted by Gasteiger charge is 2.29. The number of hydrogen-bond acceptors (Lipinski definition) is 7. The second kappa shape index (κ2) is 10.5. The molecule has 6 rings (SSSR count). The summed E-state index contributed by atoms with van der Waals surface area (Å²) in [6, 6.07) is 14.6. The van der Waals surface area contributed by atoms with Gasteiger partial charge in [-0.05, 0) is 61.0 Å². The number of halogens is 2. The van der Waals surface area contributed by atoms with Crippen molar-refractivity contribution in [3.05, 3.63) is 83.4 Å². The standard InChI is InChI=1S/C31H25F2N5O5S/c1-15-26(23-13-22(36-31(37-23)42-3)21-12-18-19(33)6-5-7-20(18)35-21)24(38(2)44(4,40)41)14-25-27(15)28(30(34)39)29(43-25)16-8-10-17(32)11-9-16/h5-14,35H,1-4H3,(H2,34,39). The average molecular weight is 618 g/mol. The highest BCUT2D eigenvalue weighted by atomic mass is 32.2.